The largest absolute Gasteiger partial charge is 0.481 e. The van der Waals surface area contributed by atoms with Gasteiger partial charge in [-0.2, -0.15) is 14.1 Å². The lowest BCUT2D eigenvalue weighted by molar-refractivity contribution is -0.140. The molecule has 1 aliphatic carbocycles. The van der Waals surface area contributed by atoms with Gasteiger partial charge in [0, 0.05) is 22.1 Å². The summed E-state index contributed by atoms with van der Waals surface area (Å²) in [5.74, 6) is -2.26. The average Bonchev–Trinajstić information content (AvgIpc) is 3.41. The van der Waals surface area contributed by atoms with Crippen molar-refractivity contribution in [2.24, 2.45) is 5.92 Å². The summed E-state index contributed by atoms with van der Waals surface area (Å²) in [6.45, 7) is 1.84. The minimum Gasteiger partial charge on any atom is -0.481 e. The molecule has 0 radical (unpaired) electrons. The zero-order valence-corrected chi connectivity index (χ0v) is 17.6. The quantitative estimate of drug-likeness (QED) is 0.469. The number of carboxylic acid groups (broad SMARTS) is 1. The van der Waals surface area contributed by atoms with Gasteiger partial charge in [-0.05, 0) is 22.6 Å². The fraction of sp³-hybridized carbons (Fsp3) is 0.200. The van der Waals surface area contributed by atoms with Crippen molar-refractivity contribution in [2.75, 3.05) is 0 Å². The lowest BCUT2D eigenvalue weighted by atomic mass is 9.75. The molecule has 0 fully saturated rings. The van der Waals surface area contributed by atoms with Crippen LogP contribution in [0.1, 0.15) is 18.4 Å². The number of hydrogen-bond donors (Lipinski definition) is 1. The van der Waals surface area contributed by atoms with E-state index in [4.69, 9.17) is 23.2 Å². The molecule has 0 saturated heterocycles. The van der Waals surface area contributed by atoms with Crippen molar-refractivity contribution in [1.82, 2.24) is 34.6 Å². The minimum atomic E-state index is -1.37. The van der Waals surface area contributed by atoms with Gasteiger partial charge in [0.05, 0.1) is 16.5 Å². The number of allylic oxidation sites excluding steroid dienone is 3. The summed E-state index contributed by atoms with van der Waals surface area (Å²) in [5.41, 5.74) is 2.61. The summed E-state index contributed by atoms with van der Waals surface area (Å²) in [6, 6.07) is 9.52. The second-order valence-electron chi connectivity index (χ2n) is 7.27. The molecule has 0 aliphatic heterocycles. The predicted octanol–water partition coefficient (Wildman–Crippen LogP) is 3.31. The van der Waals surface area contributed by atoms with E-state index in [0.717, 1.165) is 5.56 Å². The molecule has 9 nitrogen and oxygen atoms in total. The van der Waals surface area contributed by atoms with Gasteiger partial charge in [-0.25, -0.2) is 4.98 Å². The maximum atomic E-state index is 12.1. The Labute approximate surface area is 185 Å². The van der Waals surface area contributed by atoms with Crippen LogP contribution in [0.15, 0.2) is 59.9 Å². The van der Waals surface area contributed by atoms with Gasteiger partial charge in [0.15, 0.2) is 5.65 Å². The lowest BCUT2D eigenvalue weighted by Gasteiger charge is -2.37. The number of aromatic nitrogens is 7. The number of rotatable bonds is 4. The second kappa shape index (κ2) is 7.14. The SMILES string of the molecule is CC(c1c(-c2ccccc2)n2nnnc2n2ncnc12)C1(Cl)C=C(Cl)C=CC1C(=O)O. The van der Waals surface area contributed by atoms with Crippen LogP contribution in [0, 0.1) is 5.92 Å². The van der Waals surface area contributed by atoms with Crippen molar-refractivity contribution in [3.05, 3.63) is 65.5 Å². The molecule has 0 amide bonds. The summed E-state index contributed by atoms with van der Waals surface area (Å²) >= 11 is 13.3. The molecule has 0 spiro atoms. The highest BCUT2D eigenvalue weighted by Gasteiger charge is 2.47. The fourth-order valence-electron chi connectivity index (χ4n) is 4.10. The van der Waals surface area contributed by atoms with Crippen molar-refractivity contribution < 1.29 is 9.90 Å². The highest BCUT2D eigenvalue weighted by molar-refractivity contribution is 6.34. The molecule has 31 heavy (non-hydrogen) atoms. The average molecular weight is 456 g/mol. The summed E-state index contributed by atoms with van der Waals surface area (Å²) in [5, 5.41) is 26.5. The van der Waals surface area contributed by atoms with E-state index in [1.807, 2.05) is 37.3 Å². The van der Waals surface area contributed by atoms with Gasteiger partial charge in [-0.15, -0.1) is 11.6 Å². The fourth-order valence-corrected chi connectivity index (χ4v) is 4.80. The number of fused-ring (bicyclic) bond motifs is 3. The van der Waals surface area contributed by atoms with Crippen LogP contribution < -0.4 is 0 Å². The van der Waals surface area contributed by atoms with E-state index in [9.17, 15) is 9.90 Å². The third-order valence-corrected chi connectivity index (χ3v) is 6.50. The number of halogens is 2. The highest BCUT2D eigenvalue weighted by atomic mass is 35.5. The van der Waals surface area contributed by atoms with E-state index in [-0.39, 0.29) is 0 Å². The zero-order valence-electron chi connectivity index (χ0n) is 16.1. The minimum absolute atomic E-state index is 0.363. The van der Waals surface area contributed by atoms with E-state index in [2.05, 4.69) is 25.6 Å². The molecular formula is C20H15Cl2N7O2. The van der Waals surface area contributed by atoms with Gasteiger partial charge in [0.25, 0.3) is 5.78 Å². The van der Waals surface area contributed by atoms with Gasteiger partial charge in [-0.1, -0.05) is 60.0 Å². The van der Waals surface area contributed by atoms with Crippen LogP contribution in [0.2, 0.25) is 0 Å². The van der Waals surface area contributed by atoms with Crippen LogP contribution in [-0.4, -0.2) is 50.6 Å². The number of hydrogen-bond acceptors (Lipinski definition) is 6. The molecule has 1 aliphatic rings. The molecule has 156 valence electrons. The molecular weight excluding hydrogens is 441 g/mol. The van der Waals surface area contributed by atoms with Crippen LogP contribution in [0.4, 0.5) is 0 Å². The summed E-state index contributed by atoms with van der Waals surface area (Å²) < 4.78 is 3.07. The third-order valence-electron chi connectivity index (χ3n) is 5.59. The van der Waals surface area contributed by atoms with Crippen LogP contribution in [0.25, 0.3) is 22.7 Å². The van der Waals surface area contributed by atoms with E-state index in [1.54, 1.807) is 16.7 Å². The van der Waals surface area contributed by atoms with Crippen molar-refractivity contribution >= 4 is 40.6 Å². The standard InChI is InChI=1S/C20H15Cl2N7O2/c1-11(20(22)9-13(21)7-8-14(20)18(30)31)15-16(12-5-3-2-4-6-12)28-19(25-26-27-28)29-17(15)23-10-24-29/h2-11,14H,1H3,(H,30,31). The van der Waals surface area contributed by atoms with Crippen LogP contribution in [0.5, 0.6) is 0 Å². The molecule has 0 saturated carbocycles. The Hall–Kier alpha value is -3.30. The smallest absolute Gasteiger partial charge is 0.312 e. The van der Waals surface area contributed by atoms with Gasteiger partial charge in [0.1, 0.15) is 6.33 Å². The zero-order chi connectivity index (χ0) is 21.8. The second-order valence-corrected chi connectivity index (χ2v) is 8.36. The van der Waals surface area contributed by atoms with E-state index in [1.165, 1.54) is 16.9 Å². The van der Waals surface area contributed by atoms with E-state index >= 15 is 0 Å². The molecule has 1 N–H and O–H groups in total. The topological polar surface area (TPSA) is 111 Å². The number of nitrogens with zero attached hydrogens (tertiary/aromatic N) is 7. The molecule has 4 aromatic rings. The van der Waals surface area contributed by atoms with Crippen molar-refractivity contribution in [2.45, 2.75) is 17.7 Å². The van der Waals surface area contributed by atoms with Crippen molar-refractivity contribution in [3.63, 3.8) is 0 Å². The molecule has 0 bridgehead atoms. The first-order chi connectivity index (χ1) is 14.9. The first-order valence-corrected chi connectivity index (χ1v) is 10.1. The third kappa shape index (κ3) is 2.92. The van der Waals surface area contributed by atoms with Crippen LogP contribution in [0.3, 0.4) is 0 Å². The molecule has 11 heteroatoms. The summed E-state index contributed by atoms with van der Waals surface area (Å²) in [6.07, 6.45) is 6.02. The maximum absolute atomic E-state index is 12.1. The van der Waals surface area contributed by atoms with Gasteiger partial charge in [0.2, 0.25) is 0 Å². The Morgan fingerprint density at radius 3 is 2.77 bits per heavy atom. The van der Waals surface area contributed by atoms with Gasteiger partial charge >= 0.3 is 5.97 Å². The van der Waals surface area contributed by atoms with Crippen molar-refractivity contribution in [3.8, 4) is 11.3 Å². The number of aliphatic carboxylic acids is 1. The Balaban J connectivity index is 1.86. The highest BCUT2D eigenvalue weighted by Crippen LogP contribution is 2.48. The van der Waals surface area contributed by atoms with Crippen LogP contribution in [-0.2, 0) is 4.79 Å². The maximum Gasteiger partial charge on any atom is 0.312 e. The number of benzene rings is 1. The summed E-state index contributed by atoms with van der Waals surface area (Å²) in [7, 11) is 0. The van der Waals surface area contributed by atoms with Crippen molar-refractivity contribution in [1.29, 1.82) is 0 Å². The van der Waals surface area contributed by atoms with E-state index < -0.39 is 22.7 Å². The first-order valence-electron chi connectivity index (χ1n) is 9.39. The first kappa shape index (κ1) is 19.7. The number of carbonyl (C=O) groups is 1. The Bertz CT molecular complexity index is 1380. The van der Waals surface area contributed by atoms with Crippen LogP contribution >= 0.6 is 23.2 Å². The monoisotopic (exact) mass is 455 g/mol. The molecule has 3 unspecified atom stereocenters. The molecule has 3 aromatic heterocycles. The lowest BCUT2D eigenvalue weighted by Crippen LogP contribution is -2.41. The normalized spacial score (nSPS) is 22.0. The molecule has 5 rings (SSSR count). The number of tetrazole rings is 1. The molecule has 1 aromatic carbocycles. The Kier molecular flexibility index (Phi) is 4.53. The van der Waals surface area contributed by atoms with Gasteiger partial charge < -0.3 is 5.11 Å². The number of alkyl halides is 1. The Morgan fingerprint density at radius 1 is 1.26 bits per heavy atom. The predicted molar refractivity (Wildman–Crippen MR) is 114 cm³/mol. The number of carboxylic acids is 1. The Morgan fingerprint density at radius 2 is 2.03 bits per heavy atom. The summed E-state index contributed by atoms with van der Waals surface area (Å²) in [4.78, 5) is 15.1. The molecule has 3 heterocycles. The molecule has 3 atom stereocenters. The van der Waals surface area contributed by atoms with Gasteiger partial charge in [-0.3, -0.25) is 4.79 Å². The van der Waals surface area contributed by atoms with E-state index in [0.29, 0.717) is 27.7 Å².